The maximum Gasteiger partial charge on any atom is 0.261 e. The van der Waals surface area contributed by atoms with Crippen LogP contribution < -0.4 is 14.8 Å². The molecule has 2 amide bonds. The van der Waals surface area contributed by atoms with Crippen molar-refractivity contribution in [2.75, 3.05) is 13.7 Å². The minimum absolute atomic E-state index is 0.00956. The fourth-order valence-electron chi connectivity index (χ4n) is 2.95. The molecule has 0 aromatic heterocycles. The number of hydrogen-bond acceptors (Lipinski definition) is 4. The highest BCUT2D eigenvalue weighted by molar-refractivity contribution is 5.88. The minimum Gasteiger partial charge on any atom is -0.497 e. The van der Waals surface area contributed by atoms with Crippen molar-refractivity contribution in [3.63, 3.8) is 0 Å². The molecule has 0 saturated heterocycles. The lowest BCUT2D eigenvalue weighted by molar-refractivity contribution is -0.142. The average molecular weight is 413 g/mol. The summed E-state index contributed by atoms with van der Waals surface area (Å²) in [6.45, 7) is 9.69. The molecule has 1 N–H and O–H groups in total. The maximum atomic E-state index is 13.0. The number of ether oxygens (including phenoxy) is 2. The highest BCUT2D eigenvalue weighted by Crippen LogP contribution is 2.18. The molecule has 0 bridgehead atoms. The van der Waals surface area contributed by atoms with Crippen LogP contribution in [0.3, 0.4) is 0 Å². The highest BCUT2D eigenvalue weighted by Gasteiger charge is 2.27. The zero-order chi connectivity index (χ0) is 22.3. The van der Waals surface area contributed by atoms with E-state index in [2.05, 4.69) is 5.32 Å². The molecule has 0 aliphatic heterocycles. The van der Waals surface area contributed by atoms with Crippen LogP contribution in [-0.4, -0.2) is 42.5 Å². The van der Waals surface area contributed by atoms with Crippen LogP contribution in [0.4, 0.5) is 0 Å². The molecule has 0 saturated carbocycles. The van der Waals surface area contributed by atoms with Gasteiger partial charge < -0.3 is 19.7 Å². The van der Waals surface area contributed by atoms with E-state index in [1.54, 1.807) is 18.9 Å². The van der Waals surface area contributed by atoms with E-state index in [1.807, 2.05) is 70.2 Å². The van der Waals surface area contributed by atoms with Crippen molar-refractivity contribution in [1.82, 2.24) is 10.2 Å². The monoisotopic (exact) mass is 412 g/mol. The molecule has 30 heavy (non-hydrogen) atoms. The fourth-order valence-corrected chi connectivity index (χ4v) is 2.95. The molecular weight excluding hydrogens is 380 g/mol. The third kappa shape index (κ3) is 6.51. The van der Waals surface area contributed by atoms with E-state index in [4.69, 9.17) is 9.47 Å². The Bertz CT molecular complexity index is 862. The standard InChI is InChI=1S/C24H32N2O4/c1-16(2)25-24(28)19(5)26(14-20-8-11-21(29-6)12-9-20)23(27)15-30-22-10-7-17(3)18(4)13-22/h7-13,16,19H,14-15H2,1-6H3,(H,25,28)/t19-/m1/s1. The Balaban J connectivity index is 2.16. The van der Waals surface area contributed by atoms with E-state index in [0.717, 1.165) is 22.4 Å². The Morgan fingerprint density at radius 1 is 0.967 bits per heavy atom. The largest absolute Gasteiger partial charge is 0.497 e. The van der Waals surface area contributed by atoms with Gasteiger partial charge in [-0.3, -0.25) is 9.59 Å². The molecule has 6 heteroatoms. The van der Waals surface area contributed by atoms with Gasteiger partial charge in [-0.25, -0.2) is 0 Å². The molecule has 2 rings (SSSR count). The summed E-state index contributed by atoms with van der Waals surface area (Å²) < 4.78 is 10.9. The molecule has 0 aliphatic carbocycles. The predicted octanol–water partition coefficient (Wildman–Crippen LogP) is 3.63. The number of rotatable bonds is 9. The number of hydrogen-bond donors (Lipinski definition) is 1. The number of nitrogens with one attached hydrogen (secondary N) is 1. The van der Waals surface area contributed by atoms with E-state index < -0.39 is 6.04 Å². The zero-order valence-electron chi connectivity index (χ0n) is 18.7. The van der Waals surface area contributed by atoms with Gasteiger partial charge in [-0.1, -0.05) is 18.2 Å². The first kappa shape index (κ1) is 23.3. The van der Waals surface area contributed by atoms with Gasteiger partial charge in [0.2, 0.25) is 5.91 Å². The van der Waals surface area contributed by atoms with Crippen LogP contribution in [0, 0.1) is 13.8 Å². The van der Waals surface area contributed by atoms with Gasteiger partial charge in [-0.05, 0) is 75.6 Å². The Hall–Kier alpha value is -3.02. The summed E-state index contributed by atoms with van der Waals surface area (Å²) in [6, 6.07) is 12.5. The zero-order valence-corrected chi connectivity index (χ0v) is 18.7. The number of aryl methyl sites for hydroxylation is 2. The summed E-state index contributed by atoms with van der Waals surface area (Å²) in [4.78, 5) is 27.1. The summed E-state index contributed by atoms with van der Waals surface area (Å²) in [5.41, 5.74) is 3.16. The van der Waals surface area contributed by atoms with E-state index in [0.29, 0.717) is 12.3 Å². The van der Waals surface area contributed by atoms with Crippen molar-refractivity contribution in [3.05, 3.63) is 59.2 Å². The number of carbonyl (C=O) groups excluding carboxylic acids is 2. The van der Waals surface area contributed by atoms with Crippen molar-refractivity contribution in [1.29, 1.82) is 0 Å². The van der Waals surface area contributed by atoms with Crippen LogP contribution in [0.2, 0.25) is 0 Å². The molecule has 2 aromatic rings. The van der Waals surface area contributed by atoms with Crippen LogP contribution in [0.1, 0.15) is 37.5 Å². The molecule has 0 fully saturated rings. The Morgan fingerprint density at radius 3 is 2.17 bits per heavy atom. The SMILES string of the molecule is COc1ccc(CN(C(=O)COc2ccc(C)c(C)c2)[C@H](C)C(=O)NC(C)C)cc1. The smallest absolute Gasteiger partial charge is 0.261 e. The fraction of sp³-hybridized carbons (Fsp3) is 0.417. The molecule has 2 aromatic carbocycles. The van der Waals surface area contributed by atoms with Gasteiger partial charge in [0.05, 0.1) is 7.11 Å². The van der Waals surface area contributed by atoms with Gasteiger partial charge in [0.1, 0.15) is 17.5 Å². The average Bonchev–Trinajstić information content (AvgIpc) is 2.72. The van der Waals surface area contributed by atoms with Crippen molar-refractivity contribution >= 4 is 11.8 Å². The quantitative estimate of drug-likeness (QED) is 0.683. The number of nitrogens with zero attached hydrogens (tertiary/aromatic N) is 1. The Morgan fingerprint density at radius 2 is 1.60 bits per heavy atom. The van der Waals surface area contributed by atoms with E-state index in [9.17, 15) is 9.59 Å². The Kier molecular flexibility index (Phi) is 8.27. The van der Waals surface area contributed by atoms with Crippen molar-refractivity contribution in [2.24, 2.45) is 0 Å². The topological polar surface area (TPSA) is 67.9 Å². The van der Waals surface area contributed by atoms with E-state index in [1.165, 1.54) is 0 Å². The summed E-state index contributed by atoms with van der Waals surface area (Å²) in [5.74, 6) is 0.920. The van der Waals surface area contributed by atoms with Crippen LogP contribution >= 0.6 is 0 Å². The van der Waals surface area contributed by atoms with Gasteiger partial charge in [-0.15, -0.1) is 0 Å². The summed E-state index contributed by atoms with van der Waals surface area (Å²) >= 11 is 0. The van der Waals surface area contributed by atoms with Gasteiger partial charge in [-0.2, -0.15) is 0 Å². The molecule has 0 radical (unpaired) electrons. The molecule has 0 heterocycles. The lowest BCUT2D eigenvalue weighted by atomic mass is 10.1. The second-order valence-corrected chi connectivity index (χ2v) is 7.74. The third-order valence-corrected chi connectivity index (χ3v) is 4.95. The first-order valence-electron chi connectivity index (χ1n) is 10.1. The lowest BCUT2D eigenvalue weighted by Gasteiger charge is -2.29. The first-order valence-corrected chi connectivity index (χ1v) is 10.1. The molecule has 162 valence electrons. The molecule has 6 nitrogen and oxygen atoms in total. The van der Waals surface area contributed by atoms with Crippen LogP contribution in [0.15, 0.2) is 42.5 Å². The second-order valence-electron chi connectivity index (χ2n) is 7.74. The lowest BCUT2D eigenvalue weighted by Crippen LogP contribution is -2.50. The Labute approximate surface area is 179 Å². The normalized spacial score (nSPS) is 11.7. The van der Waals surface area contributed by atoms with Crippen molar-refractivity contribution in [2.45, 2.75) is 53.2 Å². The summed E-state index contributed by atoms with van der Waals surface area (Å²) in [6.07, 6.45) is 0. The third-order valence-electron chi connectivity index (χ3n) is 4.95. The second kappa shape index (κ2) is 10.7. The minimum atomic E-state index is -0.634. The van der Waals surface area contributed by atoms with Gasteiger partial charge in [0, 0.05) is 12.6 Å². The van der Waals surface area contributed by atoms with Crippen LogP contribution in [-0.2, 0) is 16.1 Å². The van der Waals surface area contributed by atoms with Crippen LogP contribution in [0.25, 0.3) is 0 Å². The molecular formula is C24H32N2O4. The van der Waals surface area contributed by atoms with Gasteiger partial charge in [0.25, 0.3) is 5.91 Å². The number of carbonyl (C=O) groups is 2. The van der Waals surface area contributed by atoms with E-state index in [-0.39, 0.29) is 24.5 Å². The summed E-state index contributed by atoms with van der Waals surface area (Å²) in [7, 11) is 1.60. The maximum absolute atomic E-state index is 13.0. The van der Waals surface area contributed by atoms with Crippen molar-refractivity contribution in [3.8, 4) is 11.5 Å². The first-order chi connectivity index (χ1) is 14.2. The number of benzene rings is 2. The van der Waals surface area contributed by atoms with E-state index >= 15 is 0 Å². The molecule has 0 aliphatic rings. The van der Waals surface area contributed by atoms with Gasteiger partial charge in [0.15, 0.2) is 6.61 Å². The molecule has 0 unspecified atom stereocenters. The summed E-state index contributed by atoms with van der Waals surface area (Å²) in [5, 5.41) is 2.88. The van der Waals surface area contributed by atoms with Crippen LogP contribution in [0.5, 0.6) is 11.5 Å². The molecule has 1 atom stereocenters. The number of amides is 2. The van der Waals surface area contributed by atoms with Crippen molar-refractivity contribution < 1.29 is 19.1 Å². The number of methoxy groups -OCH3 is 1. The van der Waals surface area contributed by atoms with Gasteiger partial charge >= 0.3 is 0 Å². The predicted molar refractivity (Wildman–Crippen MR) is 118 cm³/mol. The molecule has 0 spiro atoms. The highest BCUT2D eigenvalue weighted by atomic mass is 16.5.